The van der Waals surface area contributed by atoms with Gasteiger partial charge in [-0.1, -0.05) is 36.4 Å². The number of rotatable bonds is 6. The minimum Gasteiger partial charge on any atom is -0.490 e. The Balaban J connectivity index is 1.28. The number of hydrogen-bond donors (Lipinski definition) is 0. The average molecular weight is 415 g/mol. The molecule has 31 heavy (non-hydrogen) atoms. The summed E-state index contributed by atoms with van der Waals surface area (Å²) in [7, 11) is 0. The van der Waals surface area contributed by atoms with Crippen molar-refractivity contribution in [2.45, 2.75) is 39.0 Å². The summed E-state index contributed by atoms with van der Waals surface area (Å²) in [4.78, 5) is 15.0. The summed E-state index contributed by atoms with van der Waals surface area (Å²) in [5.74, 6) is 0.687. The Labute approximate surface area is 181 Å². The first-order valence-electron chi connectivity index (χ1n) is 10.7. The number of aromatic nitrogens is 2. The normalized spacial score (nSPS) is 17.8. The Kier molecular flexibility index (Phi) is 5.38. The second-order valence-corrected chi connectivity index (χ2v) is 8.18. The molecule has 2 aromatic carbocycles. The quantitative estimate of drug-likeness (QED) is 0.605. The van der Waals surface area contributed by atoms with Crippen LogP contribution in [0.25, 0.3) is 11.1 Å². The average Bonchev–Trinajstić information content (AvgIpc) is 3.41. The van der Waals surface area contributed by atoms with Gasteiger partial charge < -0.3 is 14.4 Å². The maximum atomic E-state index is 13.1. The van der Waals surface area contributed by atoms with Crippen LogP contribution in [0.3, 0.4) is 0 Å². The van der Waals surface area contributed by atoms with E-state index in [2.05, 4.69) is 34.5 Å². The molecule has 1 fully saturated rings. The van der Waals surface area contributed by atoms with Gasteiger partial charge in [0.2, 0.25) is 0 Å². The van der Waals surface area contributed by atoms with E-state index in [4.69, 9.17) is 9.47 Å². The third-order valence-electron chi connectivity index (χ3n) is 5.86. The Morgan fingerprint density at radius 1 is 1.16 bits per heavy atom. The number of aryl methyl sites for hydroxylation is 1. The van der Waals surface area contributed by atoms with Crippen LogP contribution in [0.2, 0.25) is 0 Å². The van der Waals surface area contributed by atoms with Crippen molar-refractivity contribution in [3.8, 4) is 16.9 Å². The van der Waals surface area contributed by atoms with Gasteiger partial charge in [-0.15, -0.1) is 0 Å². The highest BCUT2D eigenvalue weighted by molar-refractivity contribution is 6.01. The Morgan fingerprint density at radius 3 is 2.81 bits per heavy atom. The first-order chi connectivity index (χ1) is 15.2. The molecule has 2 aliphatic heterocycles. The number of nitrogens with zero attached hydrogens (tertiary/aromatic N) is 3. The molecule has 0 spiro atoms. The molecule has 158 valence electrons. The van der Waals surface area contributed by atoms with Crippen LogP contribution in [0.1, 0.15) is 40.0 Å². The highest BCUT2D eigenvalue weighted by atomic mass is 16.5. The molecular weight excluding hydrogens is 390 g/mol. The van der Waals surface area contributed by atoms with E-state index in [9.17, 15) is 4.79 Å². The number of amides is 1. The molecule has 1 aromatic heterocycles. The molecule has 2 aliphatic rings. The van der Waals surface area contributed by atoms with Gasteiger partial charge in [-0.3, -0.25) is 4.79 Å². The van der Waals surface area contributed by atoms with Crippen LogP contribution < -0.4 is 4.74 Å². The van der Waals surface area contributed by atoms with E-state index in [0.29, 0.717) is 31.0 Å². The Hall–Kier alpha value is -3.25. The first-order valence-corrected chi connectivity index (χ1v) is 10.7. The van der Waals surface area contributed by atoms with Crippen molar-refractivity contribution in [3.05, 3.63) is 77.1 Å². The van der Waals surface area contributed by atoms with E-state index >= 15 is 0 Å². The maximum absolute atomic E-state index is 13.1. The van der Waals surface area contributed by atoms with Crippen molar-refractivity contribution in [2.75, 3.05) is 13.2 Å². The SMILES string of the molecule is Cc1cc(-c2ccc(CN3Cc4cccc(OCC5CCCO5)c4C3=O)cc2)cnn1. The number of ether oxygens (including phenoxy) is 2. The molecule has 0 aliphatic carbocycles. The van der Waals surface area contributed by atoms with Crippen LogP contribution in [0.5, 0.6) is 5.75 Å². The van der Waals surface area contributed by atoms with Gasteiger partial charge in [0.15, 0.2) is 0 Å². The van der Waals surface area contributed by atoms with Crippen LogP contribution in [-0.2, 0) is 17.8 Å². The fourth-order valence-corrected chi connectivity index (χ4v) is 4.25. The molecule has 6 nitrogen and oxygen atoms in total. The van der Waals surface area contributed by atoms with E-state index in [1.807, 2.05) is 36.1 Å². The molecule has 1 unspecified atom stereocenters. The zero-order valence-corrected chi connectivity index (χ0v) is 17.6. The van der Waals surface area contributed by atoms with Gasteiger partial charge in [0.25, 0.3) is 5.91 Å². The van der Waals surface area contributed by atoms with Gasteiger partial charge in [-0.25, -0.2) is 0 Å². The molecule has 3 aromatic rings. The number of carbonyl (C=O) groups excluding carboxylic acids is 1. The van der Waals surface area contributed by atoms with Gasteiger partial charge in [0, 0.05) is 25.3 Å². The second kappa shape index (κ2) is 8.47. The summed E-state index contributed by atoms with van der Waals surface area (Å²) in [6, 6.07) is 16.1. The molecular formula is C25H25N3O3. The van der Waals surface area contributed by atoms with Crippen LogP contribution >= 0.6 is 0 Å². The van der Waals surface area contributed by atoms with E-state index in [0.717, 1.165) is 47.4 Å². The van der Waals surface area contributed by atoms with Gasteiger partial charge in [-0.05, 0) is 48.6 Å². The molecule has 0 radical (unpaired) electrons. The van der Waals surface area contributed by atoms with Crippen molar-refractivity contribution < 1.29 is 14.3 Å². The molecule has 6 heteroatoms. The molecule has 1 amide bonds. The standard InChI is InChI=1S/C25H25N3O3/c1-17-12-21(13-26-27-17)19-9-7-18(8-10-19)14-28-15-20-4-2-6-23(24(20)25(28)29)31-16-22-5-3-11-30-22/h2,4,6-10,12-13,22H,3,5,11,14-16H2,1H3. The smallest absolute Gasteiger partial charge is 0.258 e. The molecule has 1 atom stereocenters. The van der Waals surface area contributed by atoms with Crippen LogP contribution in [0, 0.1) is 6.92 Å². The van der Waals surface area contributed by atoms with Crippen molar-refractivity contribution in [3.63, 3.8) is 0 Å². The van der Waals surface area contributed by atoms with Gasteiger partial charge in [0.1, 0.15) is 12.4 Å². The number of benzene rings is 2. The lowest BCUT2D eigenvalue weighted by Gasteiger charge is -2.17. The lowest BCUT2D eigenvalue weighted by Crippen LogP contribution is -2.24. The fraction of sp³-hybridized carbons (Fsp3) is 0.320. The molecule has 0 bridgehead atoms. The molecule has 0 N–H and O–H groups in total. The van der Waals surface area contributed by atoms with Crippen molar-refractivity contribution in [1.29, 1.82) is 0 Å². The number of hydrogen-bond acceptors (Lipinski definition) is 5. The Bertz CT molecular complexity index is 1090. The van der Waals surface area contributed by atoms with Crippen molar-refractivity contribution >= 4 is 5.91 Å². The minimum atomic E-state index is 0.0241. The summed E-state index contributed by atoms with van der Waals surface area (Å²) in [5.41, 5.74) is 5.81. The number of carbonyl (C=O) groups is 1. The van der Waals surface area contributed by atoms with E-state index in [1.54, 1.807) is 6.20 Å². The van der Waals surface area contributed by atoms with Gasteiger partial charge in [0.05, 0.1) is 23.6 Å². The molecule has 3 heterocycles. The first kappa shape index (κ1) is 19.7. The summed E-state index contributed by atoms with van der Waals surface area (Å²) in [5, 5.41) is 8.04. The molecule has 5 rings (SSSR count). The highest BCUT2D eigenvalue weighted by Crippen LogP contribution is 2.32. The molecule has 1 saturated heterocycles. The monoisotopic (exact) mass is 415 g/mol. The summed E-state index contributed by atoms with van der Waals surface area (Å²) < 4.78 is 11.6. The van der Waals surface area contributed by atoms with Crippen molar-refractivity contribution in [1.82, 2.24) is 15.1 Å². The summed E-state index contributed by atoms with van der Waals surface area (Å²) >= 11 is 0. The third-order valence-corrected chi connectivity index (χ3v) is 5.86. The predicted octanol–water partition coefficient (Wildman–Crippen LogP) is 4.17. The summed E-state index contributed by atoms with van der Waals surface area (Å²) in [6.07, 6.45) is 3.98. The third kappa shape index (κ3) is 4.16. The summed E-state index contributed by atoms with van der Waals surface area (Å²) in [6.45, 7) is 4.38. The number of fused-ring (bicyclic) bond motifs is 1. The van der Waals surface area contributed by atoms with Crippen LogP contribution in [0.4, 0.5) is 0 Å². The fourth-order valence-electron chi connectivity index (χ4n) is 4.25. The second-order valence-electron chi connectivity index (χ2n) is 8.18. The lowest BCUT2D eigenvalue weighted by atomic mass is 10.1. The van der Waals surface area contributed by atoms with Crippen LogP contribution in [-0.4, -0.2) is 40.3 Å². The minimum absolute atomic E-state index is 0.0241. The topological polar surface area (TPSA) is 64.6 Å². The highest BCUT2D eigenvalue weighted by Gasteiger charge is 2.31. The lowest BCUT2D eigenvalue weighted by molar-refractivity contribution is 0.0659. The zero-order chi connectivity index (χ0) is 21.2. The van der Waals surface area contributed by atoms with Gasteiger partial charge >= 0.3 is 0 Å². The maximum Gasteiger partial charge on any atom is 0.258 e. The Morgan fingerprint density at radius 2 is 2.03 bits per heavy atom. The zero-order valence-electron chi connectivity index (χ0n) is 17.6. The van der Waals surface area contributed by atoms with E-state index in [1.165, 1.54) is 0 Å². The largest absolute Gasteiger partial charge is 0.490 e. The van der Waals surface area contributed by atoms with Crippen LogP contribution in [0.15, 0.2) is 54.7 Å². The van der Waals surface area contributed by atoms with E-state index in [-0.39, 0.29) is 12.0 Å². The van der Waals surface area contributed by atoms with E-state index < -0.39 is 0 Å². The molecule has 0 saturated carbocycles. The van der Waals surface area contributed by atoms with Crippen molar-refractivity contribution in [2.24, 2.45) is 0 Å². The predicted molar refractivity (Wildman–Crippen MR) is 117 cm³/mol. The van der Waals surface area contributed by atoms with Gasteiger partial charge in [-0.2, -0.15) is 10.2 Å².